The molecule has 2 rings (SSSR count). The van der Waals surface area contributed by atoms with Gasteiger partial charge in [0.25, 0.3) is 0 Å². The van der Waals surface area contributed by atoms with Gasteiger partial charge in [-0.1, -0.05) is 43.9 Å². The van der Waals surface area contributed by atoms with Crippen LogP contribution in [0.1, 0.15) is 36.4 Å². The van der Waals surface area contributed by atoms with E-state index in [4.69, 9.17) is 5.11 Å². The minimum Gasteiger partial charge on any atom is -0.481 e. The lowest BCUT2D eigenvalue weighted by Gasteiger charge is -2.30. The van der Waals surface area contributed by atoms with Gasteiger partial charge in [-0.3, -0.25) is 14.5 Å². The Morgan fingerprint density at radius 3 is 2.12 bits per heavy atom. The average molecular weight is 348 g/mol. The number of nitrogens with zero attached hydrogens (tertiary/aromatic N) is 1. The number of rotatable bonds is 6. The Balaban J connectivity index is 2.00. The zero-order chi connectivity index (χ0) is 17.9. The number of carboxylic acids is 1. The molecule has 1 aromatic rings. The van der Waals surface area contributed by atoms with E-state index in [-0.39, 0.29) is 17.2 Å². The number of carbonyl (C=O) groups is 2. The second-order valence-corrected chi connectivity index (χ2v) is 13.3. The highest BCUT2D eigenvalue weighted by Crippen LogP contribution is 2.28. The summed E-state index contributed by atoms with van der Waals surface area (Å²) in [6.07, 6.45) is 1.46. The summed E-state index contributed by atoms with van der Waals surface area (Å²) in [6.45, 7) is 10.9. The molecule has 0 amide bonds. The molecule has 1 unspecified atom stereocenters. The van der Waals surface area contributed by atoms with Crippen LogP contribution in [0.3, 0.4) is 0 Å². The fourth-order valence-electron chi connectivity index (χ4n) is 3.76. The molecule has 0 aliphatic carbocycles. The SMILES string of the molecule is CC(=O)C(c1ccc(CN2CCC(C(=O)O)CC2)cc1)[Si](C)(C)C. The Labute approximate surface area is 145 Å². The highest BCUT2D eigenvalue weighted by Gasteiger charge is 2.31. The van der Waals surface area contributed by atoms with E-state index >= 15 is 0 Å². The summed E-state index contributed by atoms with van der Waals surface area (Å²) < 4.78 is 0. The normalized spacial score (nSPS) is 18.3. The van der Waals surface area contributed by atoms with E-state index < -0.39 is 14.0 Å². The first-order valence-electron chi connectivity index (χ1n) is 8.73. The van der Waals surface area contributed by atoms with Crippen LogP contribution in [-0.4, -0.2) is 42.9 Å². The minimum atomic E-state index is -1.58. The average Bonchev–Trinajstić information content (AvgIpc) is 2.48. The lowest BCUT2D eigenvalue weighted by Crippen LogP contribution is -2.36. The van der Waals surface area contributed by atoms with E-state index in [1.165, 1.54) is 5.56 Å². The molecule has 0 bridgehead atoms. The fraction of sp³-hybridized carbons (Fsp3) is 0.579. The summed E-state index contributed by atoms with van der Waals surface area (Å²) in [5, 5.41) is 9.06. The Hall–Kier alpha value is -1.46. The number of hydrogen-bond acceptors (Lipinski definition) is 3. The number of likely N-dealkylation sites (tertiary alicyclic amines) is 1. The lowest BCUT2D eigenvalue weighted by atomic mass is 9.96. The van der Waals surface area contributed by atoms with E-state index in [2.05, 4.69) is 48.8 Å². The molecule has 0 spiro atoms. The third-order valence-electron chi connectivity index (χ3n) is 4.93. The Kier molecular flexibility index (Phi) is 5.99. The van der Waals surface area contributed by atoms with E-state index in [0.29, 0.717) is 0 Å². The van der Waals surface area contributed by atoms with Crippen LogP contribution in [0.2, 0.25) is 19.6 Å². The molecule has 0 radical (unpaired) electrons. The van der Waals surface area contributed by atoms with Crippen molar-refractivity contribution in [1.82, 2.24) is 4.90 Å². The Morgan fingerprint density at radius 2 is 1.71 bits per heavy atom. The van der Waals surface area contributed by atoms with Crippen LogP contribution in [0.4, 0.5) is 0 Å². The Bertz CT molecular complexity index is 584. The van der Waals surface area contributed by atoms with Crippen LogP contribution >= 0.6 is 0 Å². The molecule has 1 aliphatic heterocycles. The van der Waals surface area contributed by atoms with Crippen LogP contribution in [0.25, 0.3) is 0 Å². The molecule has 132 valence electrons. The van der Waals surface area contributed by atoms with Gasteiger partial charge in [-0.25, -0.2) is 0 Å². The number of ketones is 1. The van der Waals surface area contributed by atoms with Gasteiger partial charge in [0.1, 0.15) is 5.78 Å². The molecule has 24 heavy (non-hydrogen) atoms. The molecule has 0 aromatic heterocycles. The van der Waals surface area contributed by atoms with Crippen LogP contribution in [-0.2, 0) is 16.1 Å². The molecular formula is C19H29NO3Si. The zero-order valence-corrected chi connectivity index (χ0v) is 16.2. The van der Waals surface area contributed by atoms with Gasteiger partial charge in [-0.15, -0.1) is 0 Å². The van der Waals surface area contributed by atoms with Crippen molar-refractivity contribution in [3.8, 4) is 0 Å². The monoisotopic (exact) mass is 347 g/mol. The third kappa shape index (κ3) is 4.77. The van der Waals surface area contributed by atoms with Crippen molar-refractivity contribution in [2.45, 2.75) is 51.5 Å². The fourth-order valence-corrected chi connectivity index (χ4v) is 6.17. The van der Waals surface area contributed by atoms with E-state index in [1.807, 2.05) is 0 Å². The van der Waals surface area contributed by atoms with Crippen molar-refractivity contribution >= 4 is 19.8 Å². The summed E-state index contributed by atoms with van der Waals surface area (Å²) in [6, 6.07) is 8.44. The maximum Gasteiger partial charge on any atom is 0.306 e. The number of carbonyl (C=O) groups excluding carboxylic acids is 1. The van der Waals surface area contributed by atoms with Gasteiger partial charge in [0.15, 0.2) is 0 Å². The van der Waals surface area contributed by atoms with Crippen molar-refractivity contribution in [3.05, 3.63) is 35.4 Å². The number of aliphatic carboxylic acids is 1. The zero-order valence-electron chi connectivity index (χ0n) is 15.2. The highest BCUT2D eigenvalue weighted by molar-refractivity contribution is 6.80. The molecule has 4 nitrogen and oxygen atoms in total. The topological polar surface area (TPSA) is 57.6 Å². The molecule has 1 saturated heterocycles. The van der Waals surface area contributed by atoms with Crippen LogP contribution in [0.15, 0.2) is 24.3 Å². The molecular weight excluding hydrogens is 318 g/mol. The van der Waals surface area contributed by atoms with Crippen molar-refractivity contribution in [2.24, 2.45) is 5.92 Å². The van der Waals surface area contributed by atoms with Crippen LogP contribution < -0.4 is 0 Å². The number of hydrogen-bond donors (Lipinski definition) is 1. The minimum absolute atomic E-state index is 0.0536. The van der Waals surface area contributed by atoms with Gasteiger partial charge in [-0.2, -0.15) is 0 Å². The standard InChI is InChI=1S/C19H29NO3Si/c1-14(21)18(24(2,3)4)16-7-5-15(6-8-16)13-20-11-9-17(10-12-20)19(22)23/h5-8,17-18H,9-13H2,1-4H3,(H,22,23). The molecule has 5 heteroatoms. The predicted molar refractivity (Wildman–Crippen MR) is 98.8 cm³/mol. The van der Waals surface area contributed by atoms with Crippen molar-refractivity contribution < 1.29 is 14.7 Å². The third-order valence-corrected chi connectivity index (χ3v) is 7.40. The molecule has 1 atom stereocenters. The van der Waals surface area contributed by atoms with Gasteiger partial charge in [0, 0.05) is 12.1 Å². The Morgan fingerprint density at radius 1 is 1.17 bits per heavy atom. The number of piperidine rings is 1. The molecule has 1 aliphatic rings. The lowest BCUT2D eigenvalue weighted by molar-refractivity contribution is -0.143. The maximum atomic E-state index is 12.1. The first-order valence-corrected chi connectivity index (χ1v) is 12.3. The van der Waals surface area contributed by atoms with Gasteiger partial charge in [-0.05, 0) is 44.0 Å². The summed E-state index contributed by atoms with van der Waals surface area (Å²) in [7, 11) is -1.58. The molecule has 1 fully saturated rings. The van der Waals surface area contributed by atoms with Gasteiger partial charge in [0.2, 0.25) is 0 Å². The van der Waals surface area contributed by atoms with E-state index in [0.717, 1.165) is 38.0 Å². The summed E-state index contributed by atoms with van der Waals surface area (Å²) in [5.41, 5.74) is 2.42. The number of benzene rings is 1. The smallest absolute Gasteiger partial charge is 0.306 e. The molecule has 0 saturated carbocycles. The first-order chi connectivity index (χ1) is 11.2. The molecule has 1 N–H and O–H groups in total. The second kappa shape index (κ2) is 7.62. The van der Waals surface area contributed by atoms with Gasteiger partial charge >= 0.3 is 5.97 Å². The van der Waals surface area contributed by atoms with Crippen molar-refractivity contribution in [3.63, 3.8) is 0 Å². The van der Waals surface area contributed by atoms with Crippen LogP contribution in [0.5, 0.6) is 0 Å². The summed E-state index contributed by atoms with van der Waals surface area (Å²) in [5.74, 6) is -0.588. The van der Waals surface area contributed by atoms with E-state index in [9.17, 15) is 9.59 Å². The number of Topliss-reactive ketones (excluding diaryl/α,β-unsaturated/α-hetero) is 1. The predicted octanol–water partition coefficient (Wildman–Crippen LogP) is 3.53. The number of carboxylic acid groups (broad SMARTS) is 1. The van der Waals surface area contributed by atoms with Crippen LogP contribution in [0, 0.1) is 5.92 Å². The van der Waals surface area contributed by atoms with Crippen molar-refractivity contribution in [2.75, 3.05) is 13.1 Å². The van der Waals surface area contributed by atoms with Gasteiger partial charge in [0.05, 0.1) is 14.0 Å². The quantitative estimate of drug-likeness (QED) is 0.800. The van der Waals surface area contributed by atoms with E-state index in [1.54, 1.807) is 6.92 Å². The van der Waals surface area contributed by atoms with Gasteiger partial charge < -0.3 is 5.11 Å². The summed E-state index contributed by atoms with van der Waals surface area (Å²) in [4.78, 5) is 25.4. The largest absolute Gasteiger partial charge is 0.481 e. The molecule has 1 heterocycles. The summed E-state index contributed by atoms with van der Waals surface area (Å²) >= 11 is 0. The maximum absolute atomic E-state index is 12.1. The first kappa shape index (κ1) is 18.9. The highest BCUT2D eigenvalue weighted by atomic mass is 28.3. The second-order valence-electron chi connectivity index (χ2n) is 8.04. The molecule has 1 aromatic carbocycles. The van der Waals surface area contributed by atoms with Crippen molar-refractivity contribution in [1.29, 1.82) is 0 Å².